The summed E-state index contributed by atoms with van der Waals surface area (Å²) >= 11 is 0. The molecule has 2 aromatic carbocycles. The number of aryl methyl sites for hydroxylation is 1. The molecular weight excluding hydrogens is 463 g/mol. The van der Waals surface area contributed by atoms with Crippen molar-refractivity contribution in [2.24, 2.45) is 0 Å². The third-order valence-electron chi connectivity index (χ3n) is 7.09. The number of aromatic amines is 1. The van der Waals surface area contributed by atoms with Crippen molar-refractivity contribution in [3.8, 4) is 23.0 Å². The Balaban J connectivity index is 1.31. The van der Waals surface area contributed by atoms with Crippen LogP contribution in [0.1, 0.15) is 18.5 Å². The summed E-state index contributed by atoms with van der Waals surface area (Å²) in [5, 5.41) is 1.04. The van der Waals surface area contributed by atoms with Gasteiger partial charge in [-0.3, -0.25) is 9.88 Å². The van der Waals surface area contributed by atoms with Gasteiger partial charge in [-0.05, 0) is 56.6 Å². The van der Waals surface area contributed by atoms with Crippen molar-refractivity contribution in [1.82, 2.24) is 19.8 Å². The van der Waals surface area contributed by atoms with E-state index in [0.29, 0.717) is 52.4 Å². The van der Waals surface area contributed by atoms with E-state index < -0.39 is 11.9 Å². The van der Waals surface area contributed by atoms with Gasteiger partial charge in [-0.2, -0.15) is 0 Å². The average molecular weight is 491 g/mol. The van der Waals surface area contributed by atoms with Gasteiger partial charge < -0.3 is 24.1 Å². The minimum absolute atomic E-state index is 0.0952. The number of rotatable bonds is 4. The van der Waals surface area contributed by atoms with Crippen LogP contribution in [0.3, 0.4) is 0 Å². The van der Waals surface area contributed by atoms with Gasteiger partial charge in [-0.1, -0.05) is 0 Å². The summed E-state index contributed by atoms with van der Waals surface area (Å²) in [5.41, 5.74) is 2.14. The monoisotopic (exact) mass is 490 g/mol. The molecule has 1 amide bonds. The highest BCUT2D eigenvalue weighted by molar-refractivity contribution is 5.89. The first-order chi connectivity index (χ1) is 17.5. The first-order valence-corrected chi connectivity index (χ1v) is 12.1. The number of pyridine rings is 1. The van der Waals surface area contributed by atoms with Crippen molar-refractivity contribution in [3.05, 3.63) is 54.1 Å². The molecule has 2 aliphatic heterocycles. The Labute approximate surface area is 207 Å². The molecule has 0 spiro atoms. The summed E-state index contributed by atoms with van der Waals surface area (Å²) in [6.07, 6.45) is 3.43. The van der Waals surface area contributed by atoms with Crippen LogP contribution < -0.4 is 14.2 Å². The van der Waals surface area contributed by atoms with Gasteiger partial charge >= 0.3 is 6.09 Å². The topological polar surface area (TPSA) is 79.9 Å². The summed E-state index contributed by atoms with van der Waals surface area (Å²) in [4.78, 5) is 24.7. The molecule has 2 fully saturated rings. The number of hydrogen-bond donors (Lipinski definition) is 1. The molecule has 9 heteroatoms. The zero-order valence-corrected chi connectivity index (χ0v) is 20.2. The number of benzene rings is 2. The quantitative estimate of drug-likeness (QED) is 0.421. The van der Waals surface area contributed by atoms with E-state index in [4.69, 9.17) is 14.2 Å². The number of nitrogens with zero attached hydrogens (tertiary/aromatic N) is 3. The van der Waals surface area contributed by atoms with Gasteiger partial charge in [0.05, 0.1) is 12.6 Å². The molecule has 6 rings (SSSR count). The van der Waals surface area contributed by atoms with Crippen molar-refractivity contribution in [2.75, 3.05) is 33.3 Å². The molecule has 4 heterocycles. The summed E-state index contributed by atoms with van der Waals surface area (Å²) in [7, 11) is 1.51. The lowest BCUT2D eigenvalue weighted by molar-refractivity contribution is 0.0928. The Morgan fingerprint density at radius 2 is 1.94 bits per heavy atom. The van der Waals surface area contributed by atoms with E-state index in [1.54, 1.807) is 47.5 Å². The van der Waals surface area contributed by atoms with Crippen LogP contribution in [0.15, 0.2) is 42.6 Å². The molecule has 4 aromatic rings. The van der Waals surface area contributed by atoms with Crippen molar-refractivity contribution in [2.45, 2.75) is 25.8 Å². The number of carbonyl (C=O) groups is 1. The van der Waals surface area contributed by atoms with E-state index in [0.717, 1.165) is 25.2 Å². The fraction of sp³-hybridized carbons (Fsp3) is 0.333. The average Bonchev–Trinajstić information content (AvgIpc) is 3.51. The number of methoxy groups -OCH3 is 1. The van der Waals surface area contributed by atoms with Crippen LogP contribution in [0.2, 0.25) is 0 Å². The highest BCUT2D eigenvalue weighted by Gasteiger charge is 2.33. The summed E-state index contributed by atoms with van der Waals surface area (Å²) in [6.45, 7) is 5.11. The third kappa shape index (κ3) is 3.99. The molecule has 36 heavy (non-hydrogen) atoms. The first kappa shape index (κ1) is 22.6. The Hall–Kier alpha value is -3.85. The lowest BCUT2D eigenvalue weighted by Gasteiger charge is -2.36. The lowest BCUT2D eigenvalue weighted by atomic mass is 10.1. The molecule has 0 radical (unpaired) electrons. The summed E-state index contributed by atoms with van der Waals surface area (Å²) in [6, 6.07) is 10.5. The van der Waals surface area contributed by atoms with Crippen LogP contribution >= 0.6 is 0 Å². The number of ether oxygens (including phenoxy) is 3. The maximum Gasteiger partial charge on any atom is 0.415 e. The number of fused-ring (bicyclic) bond motifs is 3. The summed E-state index contributed by atoms with van der Waals surface area (Å²) < 4.78 is 32.5. The molecule has 2 saturated heterocycles. The molecule has 0 saturated carbocycles. The first-order valence-electron chi connectivity index (χ1n) is 12.1. The molecule has 8 nitrogen and oxygen atoms in total. The minimum atomic E-state index is -0.451. The fourth-order valence-electron chi connectivity index (χ4n) is 5.26. The van der Waals surface area contributed by atoms with Gasteiger partial charge in [0.1, 0.15) is 5.75 Å². The molecule has 0 unspecified atom stereocenters. The van der Waals surface area contributed by atoms with E-state index in [1.807, 2.05) is 6.92 Å². The third-order valence-corrected chi connectivity index (χ3v) is 7.09. The number of hydrogen-bond acceptors (Lipinski definition) is 6. The fourth-order valence-corrected chi connectivity index (χ4v) is 5.26. The number of halogens is 1. The van der Waals surface area contributed by atoms with Crippen LogP contribution in [-0.2, 0) is 0 Å². The molecular formula is C27H27FN4O4. The van der Waals surface area contributed by atoms with Crippen LogP contribution in [0, 0.1) is 12.7 Å². The Morgan fingerprint density at radius 3 is 2.81 bits per heavy atom. The predicted molar refractivity (Wildman–Crippen MR) is 134 cm³/mol. The van der Waals surface area contributed by atoms with Crippen molar-refractivity contribution >= 4 is 27.9 Å². The molecule has 0 aliphatic carbocycles. The van der Waals surface area contributed by atoms with Gasteiger partial charge in [-0.15, -0.1) is 0 Å². The highest BCUT2D eigenvalue weighted by atomic mass is 19.1. The van der Waals surface area contributed by atoms with E-state index in [9.17, 15) is 4.79 Å². The number of piperazine rings is 1. The zero-order valence-electron chi connectivity index (χ0n) is 20.2. The van der Waals surface area contributed by atoms with Crippen LogP contribution in [-0.4, -0.2) is 65.2 Å². The Morgan fingerprint density at radius 1 is 1.06 bits per heavy atom. The molecule has 2 aromatic heterocycles. The van der Waals surface area contributed by atoms with E-state index >= 15 is 4.39 Å². The molecule has 186 valence electrons. The van der Waals surface area contributed by atoms with Crippen molar-refractivity contribution < 1.29 is 23.4 Å². The van der Waals surface area contributed by atoms with E-state index in [-0.39, 0.29) is 11.5 Å². The smallest absolute Gasteiger partial charge is 0.415 e. The van der Waals surface area contributed by atoms with E-state index in [2.05, 4.69) is 14.9 Å². The SMILES string of the molecule is COc1cc2nccc(Oc3ccc4[nH]c(C)cc4c3F)c2cc1OC(=O)N1CCN2CCC[C@H]2C1. The van der Waals surface area contributed by atoms with Gasteiger partial charge in [0.15, 0.2) is 23.1 Å². The molecule has 2 aliphatic rings. The summed E-state index contributed by atoms with van der Waals surface area (Å²) in [5.74, 6) is 0.685. The van der Waals surface area contributed by atoms with E-state index in [1.165, 1.54) is 13.5 Å². The molecule has 0 bridgehead atoms. The lowest BCUT2D eigenvalue weighted by Crippen LogP contribution is -2.52. The number of carbonyl (C=O) groups excluding carboxylic acids is 1. The largest absolute Gasteiger partial charge is 0.493 e. The zero-order chi connectivity index (χ0) is 24.8. The minimum Gasteiger partial charge on any atom is -0.493 e. The van der Waals surface area contributed by atoms with Crippen LogP contribution in [0.5, 0.6) is 23.0 Å². The van der Waals surface area contributed by atoms with Gasteiger partial charge in [0, 0.05) is 59.9 Å². The number of aromatic nitrogens is 2. The molecule has 1 atom stereocenters. The van der Waals surface area contributed by atoms with Crippen LogP contribution in [0.4, 0.5) is 9.18 Å². The Kier molecular flexibility index (Phi) is 5.64. The maximum absolute atomic E-state index is 15.2. The second kappa shape index (κ2) is 8.98. The second-order valence-electron chi connectivity index (χ2n) is 9.37. The number of H-pyrrole nitrogens is 1. The second-order valence-corrected chi connectivity index (χ2v) is 9.37. The Bertz CT molecular complexity index is 1470. The van der Waals surface area contributed by atoms with Gasteiger partial charge in [0.25, 0.3) is 0 Å². The standard InChI is InChI=1S/C27H27FN4O4/c1-16-12-19-20(30-16)5-6-23(26(19)28)35-22-7-8-29-21-14-24(34-2)25(13-18(21)22)36-27(33)32-11-10-31-9-3-4-17(31)15-32/h5-8,12-14,17,30H,3-4,9-11,15H2,1-2H3/t17-/m0/s1. The van der Waals surface area contributed by atoms with Gasteiger partial charge in [-0.25, -0.2) is 9.18 Å². The van der Waals surface area contributed by atoms with Gasteiger partial charge in [0.2, 0.25) is 0 Å². The molecule has 1 N–H and O–H groups in total. The number of amides is 1. The van der Waals surface area contributed by atoms with Crippen molar-refractivity contribution in [1.29, 1.82) is 0 Å². The normalized spacial score (nSPS) is 18.0. The highest BCUT2D eigenvalue weighted by Crippen LogP contribution is 2.39. The maximum atomic E-state index is 15.2. The van der Waals surface area contributed by atoms with Crippen molar-refractivity contribution in [3.63, 3.8) is 0 Å². The number of nitrogens with one attached hydrogen (secondary N) is 1. The predicted octanol–water partition coefficient (Wildman–Crippen LogP) is 5.24. The van der Waals surface area contributed by atoms with Crippen LogP contribution in [0.25, 0.3) is 21.8 Å².